The van der Waals surface area contributed by atoms with E-state index >= 15 is 0 Å². The first-order chi connectivity index (χ1) is 8.16. The molecule has 1 aromatic carbocycles. The van der Waals surface area contributed by atoms with E-state index in [2.05, 4.69) is 0 Å². The van der Waals surface area contributed by atoms with Gasteiger partial charge >= 0.3 is 0 Å². The monoisotopic (exact) mass is 235 g/mol. The van der Waals surface area contributed by atoms with Gasteiger partial charge in [0.25, 0.3) is 5.91 Å². The van der Waals surface area contributed by atoms with Crippen molar-refractivity contribution in [2.45, 2.75) is 25.6 Å². The van der Waals surface area contributed by atoms with Crippen LogP contribution in [0, 0.1) is 0 Å². The van der Waals surface area contributed by atoms with Crippen molar-refractivity contribution < 1.29 is 14.6 Å². The molecule has 0 spiro atoms. The predicted molar refractivity (Wildman–Crippen MR) is 63.7 cm³/mol. The Morgan fingerprint density at radius 1 is 1.47 bits per heavy atom. The zero-order valence-electron chi connectivity index (χ0n) is 9.87. The standard InChI is InChI=1S/C13H17NO3/c1-10(17-12-5-3-2-4-6-12)13(16)14-8-7-11(15)9-14/h2-6,10-11,15H,7-9H2,1H3/t10?,11-/m1/s1. The van der Waals surface area contributed by atoms with Crippen LogP contribution in [-0.4, -0.2) is 41.2 Å². The number of likely N-dealkylation sites (tertiary alicyclic amines) is 1. The second-order valence-corrected chi connectivity index (χ2v) is 4.30. The molecule has 1 unspecified atom stereocenters. The number of nitrogens with zero attached hydrogens (tertiary/aromatic N) is 1. The smallest absolute Gasteiger partial charge is 0.263 e. The number of hydrogen-bond donors (Lipinski definition) is 1. The Bertz CT molecular complexity index is 380. The summed E-state index contributed by atoms with van der Waals surface area (Å²) in [6, 6.07) is 9.28. The van der Waals surface area contributed by atoms with Gasteiger partial charge < -0.3 is 14.7 Å². The van der Waals surface area contributed by atoms with Gasteiger partial charge in [-0.15, -0.1) is 0 Å². The van der Waals surface area contributed by atoms with E-state index in [-0.39, 0.29) is 12.0 Å². The molecule has 0 aliphatic carbocycles. The summed E-state index contributed by atoms with van der Waals surface area (Å²) in [5, 5.41) is 9.39. The molecule has 1 aliphatic heterocycles. The third-order valence-electron chi connectivity index (χ3n) is 2.88. The second kappa shape index (κ2) is 5.19. The minimum absolute atomic E-state index is 0.0644. The van der Waals surface area contributed by atoms with Crippen LogP contribution in [-0.2, 0) is 4.79 Å². The van der Waals surface area contributed by atoms with Crippen LogP contribution in [0.1, 0.15) is 13.3 Å². The molecule has 0 radical (unpaired) electrons. The van der Waals surface area contributed by atoms with Crippen LogP contribution in [0.4, 0.5) is 0 Å². The Morgan fingerprint density at radius 2 is 2.18 bits per heavy atom. The highest BCUT2D eigenvalue weighted by atomic mass is 16.5. The number of aliphatic hydroxyl groups excluding tert-OH is 1. The molecule has 0 saturated carbocycles. The molecule has 17 heavy (non-hydrogen) atoms. The molecule has 1 aromatic rings. The lowest BCUT2D eigenvalue weighted by Crippen LogP contribution is -2.39. The molecule has 4 heteroatoms. The first kappa shape index (κ1) is 11.9. The van der Waals surface area contributed by atoms with Gasteiger partial charge in [-0.05, 0) is 25.5 Å². The molecular formula is C13H17NO3. The maximum Gasteiger partial charge on any atom is 0.263 e. The number of benzene rings is 1. The average Bonchev–Trinajstić information content (AvgIpc) is 2.76. The van der Waals surface area contributed by atoms with E-state index < -0.39 is 6.10 Å². The van der Waals surface area contributed by atoms with Crippen LogP contribution < -0.4 is 4.74 Å². The summed E-state index contributed by atoms with van der Waals surface area (Å²) in [4.78, 5) is 13.6. The highest BCUT2D eigenvalue weighted by Crippen LogP contribution is 2.15. The molecule has 2 rings (SSSR count). The summed E-state index contributed by atoms with van der Waals surface area (Å²) in [5.41, 5.74) is 0. The Labute approximate surface area is 101 Å². The highest BCUT2D eigenvalue weighted by molar-refractivity contribution is 5.81. The van der Waals surface area contributed by atoms with Crippen LogP contribution in [0.25, 0.3) is 0 Å². The molecule has 0 bridgehead atoms. The van der Waals surface area contributed by atoms with Gasteiger partial charge in [0.05, 0.1) is 6.10 Å². The SMILES string of the molecule is CC(Oc1ccccc1)C(=O)N1CC[C@@H](O)C1. The minimum atomic E-state index is -0.511. The van der Waals surface area contributed by atoms with Crippen molar-refractivity contribution in [1.29, 1.82) is 0 Å². The van der Waals surface area contributed by atoms with Gasteiger partial charge in [-0.2, -0.15) is 0 Å². The Kier molecular flexibility index (Phi) is 3.64. The summed E-state index contributed by atoms with van der Waals surface area (Å²) in [6.07, 6.45) is -0.241. The molecule has 1 saturated heterocycles. The number of rotatable bonds is 3. The van der Waals surface area contributed by atoms with Crippen molar-refractivity contribution in [3.05, 3.63) is 30.3 Å². The van der Waals surface area contributed by atoms with E-state index in [4.69, 9.17) is 4.74 Å². The van der Waals surface area contributed by atoms with Crippen LogP contribution >= 0.6 is 0 Å². The fraction of sp³-hybridized carbons (Fsp3) is 0.462. The number of β-amino-alcohol motifs (C(OH)–C–C–N with tert-alkyl or cyclic N) is 1. The topological polar surface area (TPSA) is 49.8 Å². The van der Waals surface area contributed by atoms with Crippen LogP contribution in [0.5, 0.6) is 5.75 Å². The lowest BCUT2D eigenvalue weighted by molar-refractivity contribution is -0.137. The summed E-state index contributed by atoms with van der Waals surface area (Å²) in [6.45, 7) is 2.77. The quantitative estimate of drug-likeness (QED) is 0.852. The van der Waals surface area contributed by atoms with Crippen molar-refractivity contribution in [1.82, 2.24) is 4.90 Å². The molecular weight excluding hydrogens is 218 g/mol. The third kappa shape index (κ3) is 2.97. The largest absolute Gasteiger partial charge is 0.481 e. The van der Waals surface area contributed by atoms with Crippen LogP contribution in [0.2, 0.25) is 0 Å². The fourth-order valence-corrected chi connectivity index (χ4v) is 1.95. The third-order valence-corrected chi connectivity index (χ3v) is 2.88. The van der Waals surface area contributed by atoms with Gasteiger partial charge in [0.2, 0.25) is 0 Å². The van der Waals surface area contributed by atoms with E-state index in [1.54, 1.807) is 11.8 Å². The second-order valence-electron chi connectivity index (χ2n) is 4.30. The van der Waals surface area contributed by atoms with Gasteiger partial charge in [0.15, 0.2) is 6.10 Å². The van der Waals surface area contributed by atoms with Crippen molar-refractivity contribution in [2.24, 2.45) is 0 Å². The number of para-hydroxylation sites is 1. The molecule has 1 heterocycles. The molecule has 4 nitrogen and oxygen atoms in total. The first-order valence-corrected chi connectivity index (χ1v) is 5.85. The van der Waals surface area contributed by atoms with Crippen molar-refractivity contribution in [2.75, 3.05) is 13.1 Å². The van der Waals surface area contributed by atoms with E-state index in [0.717, 1.165) is 0 Å². The number of amides is 1. The van der Waals surface area contributed by atoms with Crippen LogP contribution in [0.3, 0.4) is 0 Å². The van der Waals surface area contributed by atoms with Crippen molar-refractivity contribution >= 4 is 5.91 Å². The minimum Gasteiger partial charge on any atom is -0.481 e. The van der Waals surface area contributed by atoms with Gasteiger partial charge in [-0.1, -0.05) is 18.2 Å². The molecule has 92 valence electrons. The fourth-order valence-electron chi connectivity index (χ4n) is 1.95. The van der Waals surface area contributed by atoms with Gasteiger partial charge in [-0.25, -0.2) is 0 Å². The van der Waals surface area contributed by atoms with E-state index in [0.29, 0.717) is 25.3 Å². The van der Waals surface area contributed by atoms with E-state index in [1.165, 1.54) is 0 Å². The summed E-state index contributed by atoms with van der Waals surface area (Å²) >= 11 is 0. The van der Waals surface area contributed by atoms with E-state index in [9.17, 15) is 9.90 Å². The number of hydrogen-bond acceptors (Lipinski definition) is 3. The summed E-state index contributed by atoms with van der Waals surface area (Å²) < 4.78 is 5.55. The number of ether oxygens (including phenoxy) is 1. The lowest BCUT2D eigenvalue weighted by Gasteiger charge is -2.21. The maximum atomic E-state index is 12.0. The normalized spacial score (nSPS) is 21.3. The predicted octanol–water partition coefficient (Wildman–Crippen LogP) is 1.05. The highest BCUT2D eigenvalue weighted by Gasteiger charge is 2.28. The molecule has 1 amide bonds. The van der Waals surface area contributed by atoms with E-state index in [1.807, 2.05) is 30.3 Å². The lowest BCUT2D eigenvalue weighted by atomic mass is 10.3. The molecule has 2 atom stereocenters. The zero-order valence-corrected chi connectivity index (χ0v) is 9.87. The van der Waals surface area contributed by atoms with Crippen molar-refractivity contribution in [3.63, 3.8) is 0 Å². The summed E-state index contributed by atoms with van der Waals surface area (Å²) in [5.74, 6) is 0.624. The maximum absolute atomic E-state index is 12.0. The van der Waals surface area contributed by atoms with Gasteiger partial charge in [0, 0.05) is 13.1 Å². The molecule has 1 fully saturated rings. The molecule has 1 N–H and O–H groups in total. The molecule has 0 aromatic heterocycles. The first-order valence-electron chi connectivity index (χ1n) is 5.85. The number of carbonyl (C=O) groups excluding carboxylic acids is 1. The van der Waals surface area contributed by atoms with Gasteiger partial charge in [0.1, 0.15) is 5.75 Å². The van der Waals surface area contributed by atoms with Gasteiger partial charge in [-0.3, -0.25) is 4.79 Å². The molecule has 1 aliphatic rings. The number of aliphatic hydroxyl groups is 1. The van der Waals surface area contributed by atoms with Crippen LogP contribution in [0.15, 0.2) is 30.3 Å². The zero-order chi connectivity index (χ0) is 12.3. The Morgan fingerprint density at radius 3 is 2.76 bits per heavy atom. The Balaban J connectivity index is 1.92. The Hall–Kier alpha value is -1.55. The summed E-state index contributed by atoms with van der Waals surface area (Å²) in [7, 11) is 0. The average molecular weight is 235 g/mol. The number of carbonyl (C=O) groups is 1. The van der Waals surface area contributed by atoms with Crippen molar-refractivity contribution in [3.8, 4) is 5.75 Å².